The van der Waals surface area contributed by atoms with Crippen LogP contribution in [0.25, 0.3) is 0 Å². The fourth-order valence-corrected chi connectivity index (χ4v) is 7.72. The highest BCUT2D eigenvalue weighted by Crippen LogP contribution is 2.23. The van der Waals surface area contributed by atoms with Gasteiger partial charge in [-0.1, -0.05) is 145 Å². The normalized spacial score (nSPS) is 15.8. The summed E-state index contributed by atoms with van der Waals surface area (Å²) in [6, 6.07) is 0.258. The first-order valence-electron chi connectivity index (χ1n) is 23.8. The molecule has 0 aromatic heterocycles. The third-order valence-corrected chi connectivity index (χ3v) is 12.2. The van der Waals surface area contributed by atoms with Crippen LogP contribution in [0.5, 0.6) is 0 Å². The van der Waals surface area contributed by atoms with E-state index >= 15 is 0 Å². The minimum Gasteiger partial charge on any atom is -0.465 e. The summed E-state index contributed by atoms with van der Waals surface area (Å²) >= 11 is 0. The molecule has 0 bridgehead atoms. The van der Waals surface area contributed by atoms with Gasteiger partial charge in [0, 0.05) is 45.1 Å². The maximum atomic E-state index is 13.1. The summed E-state index contributed by atoms with van der Waals surface area (Å²) in [5, 5.41) is 3.42. The number of ether oxygens (including phenoxy) is 2. The van der Waals surface area contributed by atoms with Crippen LogP contribution in [0.2, 0.25) is 0 Å². The number of amides is 1. The van der Waals surface area contributed by atoms with Gasteiger partial charge in [-0.3, -0.25) is 19.3 Å². The molecule has 1 amide bonds. The van der Waals surface area contributed by atoms with E-state index in [1.165, 1.54) is 64.2 Å². The Hall–Kier alpha value is -1.67. The fourth-order valence-electron chi connectivity index (χ4n) is 7.72. The molecule has 0 radical (unpaired) electrons. The van der Waals surface area contributed by atoms with Crippen molar-refractivity contribution < 1.29 is 23.9 Å². The third-order valence-electron chi connectivity index (χ3n) is 12.2. The maximum absolute atomic E-state index is 13.1. The molecule has 1 rings (SSSR count). The monoisotopic (exact) mass is 792 g/mol. The quantitative estimate of drug-likeness (QED) is 0.0505. The van der Waals surface area contributed by atoms with Crippen LogP contribution in [0.3, 0.4) is 0 Å². The number of esters is 2. The van der Waals surface area contributed by atoms with Crippen LogP contribution in [0.1, 0.15) is 197 Å². The number of hydrogen-bond acceptors (Lipinski definition) is 7. The zero-order valence-electron chi connectivity index (χ0n) is 38.5. The topological polar surface area (TPSA) is 88.2 Å². The Morgan fingerprint density at radius 3 is 1.25 bits per heavy atom. The molecule has 0 aromatic rings. The Bertz CT molecular complexity index is 920. The molecule has 0 saturated carbocycles. The molecule has 0 aromatic carbocycles. The highest BCUT2D eigenvalue weighted by Gasteiger charge is 2.20. The lowest BCUT2D eigenvalue weighted by atomic mass is 9.89. The fraction of sp³-hybridized carbons (Fsp3) is 0.938. The molecule has 0 spiro atoms. The number of nitrogens with one attached hydrogen (secondary N) is 1. The molecule has 1 N–H and O–H groups in total. The van der Waals surface area contributed by atoms with Crippen LogP contribution in [0.15, 0.2) is 0 Å². The second-order valence-corrected chi connectivity index (χ2v) is 19.2. The number of hydrogen-bond donors (Lipinski definition) is 1. The first-order chi connectivity index (χ1) is 26.8. The molecule has 0 aliphatic carbocycles. The van der Waals surface area contributed by atoms with Crippen molar-refractivity contribution >= 4 is 17.8 Å². The van der Waals surface area contributed by atoms with Crippen LogP contribution in [0, 0.1) is 35.5 Å². The predicted octanol–water partition coefficient (Wildman–Crippen LogP) is 11.2. The van der Waals surface area contributed by atoms with Gasteiger partial charge in [0.05, 0.1) is 19.8 Å². The smallest absolute Gasteiger partial charge is 0.305 e. The third kappa shape index (κ3) is 29.5. The van der Waals surface area contributed by atoms with Crippen molar-refractivity contribution in [3.63, 3.8) is 0 Å². The number of piperazine rings is 1. The van der Waals surface area contributed by atoms with Crippen molar-refractivity contribution in [2.24, 2.45) is 35.5 Å². The molecule has 1 fully saturated rings. The number of unbranched alkanes of at least 4 members (excludes halogenated alkanes) is 12. The summed E-state index contributed by atoms with van der Waals surface area (Å²) < 4.78 is 11.3. The van der Waals surface area contributed by atoms with Gasteiger partial charge in [0.1, 0.15) is 0 Å². The lowest BCUT2D eigenvalue weighted by Crippen LogP contribution is -2.49. The van der Waals surface area contributed by atoms with Crippen molar-refractivity contribution in [3.05, 3.63) is 0 Å². The van der Waals surface area contributed by atoms with E-state index in [9.17, 15) is 14.4 Å². The lowest BCUT2D eigenvalue weighted by Gasteiger charge is -2.32. The molecule has 8 heteroatoms. The van der Waals surface area contributed by atoms with Crippen LogP contribution in [0.4, 0.5) is 0 Å². The van der Waals surface area contributed by atoms with Crippen molar-refractivity contribution in [3.8, 4) is 0 Å². The van der Waals surface area contributed by atoms with Crippen molar-refractivity contribution in [1.29, 1.82) is 0 Å². The Kier molecular flexibility index (Phi) is 31.0. The highest BCUT2D eigenvalue weighted by molar-refractivity contribution is 5.78. The minimum absolute atomic E-state index is 0.0298. The van der Waals surface area contributed by atoms with Gasteiger partial charge in [0.25, 0.3) is 0 Å². The number of likely N-dealkylation sites (N-methyl/N-ethyl adjacent to an activating group) is 1. The van der Waals surface area contributed by atoms with E-state index in [1.54, 1.807) is 0 Å². The van der Waals surface area contributed by atoms with Gasteiger partial charge in [-0.25, -0.2) is 0 Å². The maximum Gasteiger partial charge on any atom is 0.305 e. The van der Waals surface area contributed by atoms with Gasteiger partial charge in [-0.05, 0) is 81.1 Å². The Morgan fingerprint density at radius 1 is 0.500 bits per heavy atom. The Morgan fingerprint density at radius 2 is 0.875 bits per heavy atom. The molecule has 1 saturated heterocycles. The minimum atomic E-state index is -0.0298. The van der Waals surface area contributed by atoms with Crippen LogP contribution >= 0.6 is 0 Å². The summed E-state index contributed by atoms with van der Waals surface area (Å²) in [6.07, 6.45) is 23.7. The highest BCUT2D eigenvalue weighted by atomic mass is 16.5. The number of rotatable bonds is 35. The summed E-state index contributed by atoms with van der Waals surface area (Å²) in [7, 11) is 2.15. The van der Waals surface area contributed by atoms with E-state index in [2.05, 4.69) is 77.6 Å². The number of nitrogens with zero attached hydrogens (tertiary/aromatic N) is 2. The van der Waals surface area contributed by atoms with Gasteiger partial charge in [0.15, 0.2) is 0 Å². The molecule has 56 heavy (non-hydrogen) atoms. The molecule has 1 aliphatic rings. The first kappa shape index (κ1) is 52.3. The van der Waals surface area contributed by atoms with E-state index in [0.29, 0.717) is 68.1 Å². The van der Waals surface area contributed by atoms with E-state index in [-0.39, 0.29) is 23.9 Å². The molecule has 1 heterocycles. The van der Waals surface area contributed by atoms with Crippen LogP contribution in [-0.4, -0.2) is 86.7 Å². The average molecular weight is 792 g/mol. The van der Waals surface area contributed by atoms with Gasteiger partial charge in [-0.2, -0.15) is 0 Å². The van der Waals surface area contributed by atoms with Crippen molar-refractivity contribution in [2.75, 3.05) is 53.0 Å². The first-order valence-corrected chi connectivity index (χ1v) is 23.8. The molecule has 8 nitrogen and oxygen atoms in total. The summed E-state index contributed by atoms with van der Waals surface area (Å²) in [5.74, 6) is 3.51. The number of carbonyl (C=O) groups excluding carboxylic acids is 3. The van der Waals surface area contributed by atoms with Gasteiger partial charge >= 0.3 is 11.9 Å². The van der Waals surface area contributed by atoms with Gasteiger partial charge < -0.3 is 19.7 Å². The largest absolute Gasteiger partial charge is 0.465 e. The molecule has 2 atom stereocenters. The Labute approximate surface area is 347 Å². The zero-order chi connectivity index (χ0) is 41.6. The average Bonchev–Trinajstić information content (AvgIpc) is 3.13. The van der Waals surface area contributed by atoms with Crippen molar-refractivity contribution in [1.82, 2.24) is 15.1 Å². The second kappa shape index (κ2) is 33.2. The van der Waals surface area contributed by atoms with E-state index in [0.717, 1.165) is 90.4 Å². The SMILES string of the molecule is CC(C)CCC(COC(=O)CCCCCCCCCC(CCCCCCCCCC(=O)OCC(CCC(C)C)C(C)C)NC(=O)CN1CCN(C)CC1)C(C)C. The molecular formula is C48H93N3O5. The summed E-state index contributed by atoms with van der Waals surface area (Å²) in [6.45, 7) is 23.6. The lowest BCUT2D eigenvalue weighted by molar-refractivity contribution is -0.146. The predicted molar refractivity (Wildman–Crippen MR) is 236 cm³/mol. The standard InChI is InChI=1S/C48H93N3O5/c1-39(2)28-30-43(41(5)6)37-55-47(53)26-22-18-14-10-12-16-20-24-45(49-46(52)36-51-34-32-50(9)33-35-51)25-21-17-13-11-15-19-23-27-48(54)56-38-44(42(7)8)31-29-40(3)4/h39-45H,10-38H2,1-9H3,(H,49,52). The van der Waals surface area contributed by atoms with E-state index < -0.39 is 0 Å². The summed E-state index contributed by atoms with van der Waals surface area (Å²) in [4.78, 5) is 42.3. The zero-order valence-corrected chi connectivity index (χ0v) is 38.5. The van der Waals surface area contributed by atoms with E-state index in [1.807, 2.05) is 0 Å². The molecule has 1 aliphatic heterocycles. The second-order valence-electron chi connectivity index (χ2n) is 19.2. The summed E-state index contributed by atoms with van der Waals surface area (Å²) in [5.41, 5.74) is 0. The number of carbonyl (C=O) groups is 3. The molecular weight excluding hydrogens is 699 g/mol. The molecule has 2 unspecified atom stereocenters. The Balaban J connectivity index is 2.27. The van der Waals surface area contributed by atoms with Gasteiger partial charge in [-0.15, -0.1) is 0 Å². The van der Waals surface area contributed by atoms with Gasteiger partial charge in [0.2, 0.25) is 5.91 Å². The molecule has 330 valence electrons. The van der Waals surface area contributed by atoms with E-state index in [4.69, 9.17) is 9.47 Å². The van der Waals surface area contributed by atoms with Crippen molar-refractivity contribution in [2.45, 2.75) is 203 Å². The van der Waals surface area contributed by atoms with Crippen LogP contribution in [-0.2, 0) is 23.9 Å². The van der Waals surface area contributed by atoms with Crippen LogP contribution < -0.4 is 5.32 Å².